The van der Waals surface area contributed by atoms with Crippen LogP contribution in [0, 0.1) is 11.3 Å². The summed E-state index contributed by atoms with van der Waals surface area (Å²) in [6.45, 7) is 2.18. The quantitative estimate of drug-likeness (QED) is 0.700. The maximum atomic E-state index is 10.0. The zero-order chi connectivity index (χ0) is 14.1. The standard InChI is InChI=1S/C16H22BrNO/c1-2-3-4-5-6-16(19)11-14(12-18)13-7-9-15(17)10-8-13/h7-10,14,16,19H,2-6,11H2,1H3/t14?,16-/m1/s1. The summed E-state index contributed by atoms with van der Waals surface area (Å²) in [5, 5.41) is 19.2. The van der Waals surface area contributed by atoms with E-state index in [9.17, 15) is 10.4 Å². The number of halogens is 1. The zero-order valence-electron chi connectivity index (χ0n) is 11.5. The first-order valence-electron chi connectivity index (χ1n) is 7.00. The minimum absolute atomic E-state index is 0.214. The van der Waals surface area contributed by atoms with Gasteiger partial charge in [0.1, 0.15) is 0 Å². The van der Waals surface area contributed by atoms with Gasteiger partial charge in [0.2, 0.25) is 0 Å². The van der Waals surface area contributed by atoms with Crippen LogP contribution < -0.4 is 0 Å². The van der Waals surface area contributed by atoms with Crippen LogP contribution in [0.4, 0.5) is 0 Å². The molecule has 1 aromatic carbocycles. The molecule has 0 aliphatic rings. The summed E-state index contributed by atoms with van der Waals surface area (Å²) in [6.07, 6.45) is 5.61. The van der Waals surface area contributed by atoms with Crippen molar-refractivity contribution in [2.45, 2.75) is 57.5 Å². The normalized spacial score (nSPS) is 13.8. The van der Waals surface area contributed by atoms with E-state index in [1.807, 2.05) is 24.3 Å². The van der Waals surface area contributed by atoms with Crippen molar-refractivity contribution in [3.05, 3.63) is 34.3 Å². The second-order valence-corrected chi connectivity index (χ2v) is 5.89. The van der Waals surface area contributed by atoms with Crippen LogP contribution in [0.25, 0.3) is 0 Å². The summed E-state index contributed by atoms with van der Waals surface area (Å²) in [7, 11) is 0. The summed E-state index contributed by atoms with van der Waals surface area (Å²) in [5.74, 6) is -0.214. The highest BCUT2D eigenvalue weighted by atomic mass is 79.9. The monoisotopic (exact) mass is 323 g/mol. The van der Waals surface area contributed by atoms with Crippen molar-refractivity contribution in [2.24, 2.45) is 0 Å². The molecule has 1 unspecified atom stereocenters. The Morgan fingerprint density at radius 1 is 1.21 bits per heavy atom. The lowest BCUT2D eigenvalue weighted by Gasteiger charge is -2.15. The Balaban J connectivity index is 2.44. The van der Waals surface area contributed by atoms with Gasteiger partial charge >= 0.3 is 0 Å². The number of nitrogens with zero attached hydrogens (tertiary/aromatic N) is 1. The number of aliphatic hydroxyl groups excluding tert-OH is 1. The van der Waals surface area contributed by atoms with Gasteiger partial charge in [-0.3, -0.25) is 0 Å². The molecule has 0 heterocycles. The van der Waals surface area contributed by atoms with Crippen molar-refractivity contribution in [2.75, 3.05) is 0 Å². The molecule has 3 heteroatoms. The van der Waals surface area contributed by atoms with Gasteiger partial charge in [0.05, 0.1) is 18.1 Å². The van der Waals surface area contributed by atoms with Crippen LogP contribution in [0.3, 0.4) is 0 Å². The van der Waals surface area contributed by atoms with E-state index in [0.717, 1.165) is 22.9 Å². The number of rotatable bonds is 8. The van der Waals surface area contributed by atoms with E-state index in [0.29, 0.717) is 6.42 Å². The molecule has 104 valence electrons. The molecule has 0 bridgehead atoms. The summed E-state index contributed by atoms with van der Waals surface area (Å²) in [6, 6.07) is 10.1. The van der Waals surface area contributed by atoms with Crippen molar-refractivity contribution in [1.29, 1.82) is 5.26 Å². The highest BCUT2D eigenvalue weighted by Crippen LogP contribution is 2.24. The summed E-state index contributed by atoms with van der Waals surface area (Å²) in [4.78, 5) is 0. The maximum absolute atomic E-state index is 10.0. The lowest BCUT2D eigenvalue weighted by molar-refractivity contribution is 0.147. The minimum Gasteiger partial charge on any atom is -0.393 e. The second kappa shape index (κ2) is 9.12. The molecule has 0 aromatic heterocycles. The Kier molecular flexibility index (Phi) is 7.78. The van der Waals surface area contributed by atoms with E-state index in [2.05, 4.69) is 28.9 Å². The second-order valence-electron chi connectivity index (χ2n) is 4.97. The van der Waals surface area contributed by atoms with Crippen molar-refractivity contribution in [1.82, 2.24) is 0 Å². The average molecular weight is 324 g/mol. The number of nitriles is 1. The molecule has 0 saturated carbocycles. The largest absolute Gasteiger partial charge is 0.393 e. The molecule has 0 spiro atoms. The molecule has 0 aliphatic carbocycles. The third kappa shape index (κ3) is 6.22. The predicted octanol–water partition coefficient (Wildman–Crippen LogP) is 4.78. The molecule has 0 fully saturated rings. The van der Waals surface area contributed by atoms with Crippen molar-refractivity contribution in [3.63, 3.8) is 0 Å². The first-order valence-corrected chi connectivity index (χ1v) is 7.79. The maximum Gasteiger partial charge on any atom is 0.0737 e. The van der Waals surface area contributed by atoms with Crippen LogP contribution in [-0.2, 0) is 0 Å². The van der Waals surface area contributed by atoms with Gasteiger partial charge in [-0.2, -0.15) is 5.26 Å². The van der Waals surface area contributed by atoms with E-state index < -0.39 is 0 Å². The van der Waals surface area contributed by atoms with Crippen LogP contribution in [0.1, 0.15) is 56.9 Å². The fraction of sp³-hybridized carbons (Fsp3) is 0.562. The Bertz CT molecular complexity index is 396. The Morgan fingerprint density at radius 2 is 1.89 bits per heavy atom. The van der Waals surface area contributed by atoms with Gasteiger partial charge in [0.25, 0.3) is 0 Å². The molecule has 0 radical (unpaired) electrons. The highest BCUT2D eigenvalue weighted by molar-refractivity contribution is 9.10. The van der Waals surface area contributed by atoms with Gasteiger partial charge in [-0.25, -0.2) is 0 Å². The first-order chi connectivity index (χ1) is 9.17. The van der Waals surface area contributed by atoms with E-state index >= 15 is 0 Å². The van der Waals surface area contributed by atoms with E-state index in [-0.39, 0.29) is 12.0 Å². The first kappa shape index (κ1) is 16.2. The predicted molar refractivity (Wildman–Crippen MR) is 81.9 cm³/mol. The fourth-order valence-electron chi connectivity index (χ4n) is 2.16. The molecule has 0 saturated heterocycles. The van der Waals surface area contributed by atoms with Gasteiger partial charge in [-0.15, -0.1) is 0 Å². The average Bonchev–Trinajstić information content (AvgIpc) is 2.42. The number of benzene rings is 1. The summed E-state index contributed by atoms with van der Waals surface area (Å²) >= 11 is 3.38. The van der Waals surface area contributed by atoms with Crippen LogP contribution in [0.15, 0.2) is 28.7 Å². The van der Waals surface area contributed by atoms with Gasteiger partial charge in [-0.05, 0) is 30.5 Å². The third-order valence-electron chi connectivity index (χ3n) is 3.33. The van der Waals surface area contributed by atoms with Crippen LogP contribution in [0.5, 0.6) is 0 Å². The fourth-order valence-corrected chi connectivity index (χ4v) is 2.42. The van der Waals surface area contributed by atoms with Crippen LogP contribution >= 0.6 is 15.9 Å². The molecule has 2 atom stereocenters. The van der Waals surface area contributed by atoms with Gasteiger partial charge in [-0.1, -0.05) is 60.7 Å². The van der Waals surface area contributed by atoms with Crippen LogP contribution in [0.2, 0.25) is 0 Å². The van der Waals surface area contributed by atoms with E-state index in [4.69, 9.17) is 0 Å². The Morgan fingerprint density at radius 3 is 2.47 bits per heavy atom. The molecular formula is C16H22BrNO. The summed E-state index contributed by atoms with van der Waals surface area (Å²) in [5.41, 5.74) is 0.985. The minimum atomic E-state index is -0.370. The number of aliphatic hydroxyl groups is 1. The molecule has 0 aliphatic heterocycles. The molecule has 2 nitrogen and oxygen atoms in total. The number of unbranched alkanes of at least 4 members (excludes halogenated alkanes) is 3. The van der Waals surface area contributed by atoms with Crippen molar-refractivity contribution < 1.29 is 5.11 Å². The number of hydrogen-bond donors (Lipinski definition) is 1. The summed E-state index contributed by atoms with van der Waals surface area (Å²) < 4.78 is 1.01. The Labute approximate surface area is 124 Å². The van der Waals surface area contributed by atoms with Gasteiger partial charge < -0.3 is 5.11 Å². The smallest absolute Gasteiger partial charge is 0.0737 e. The topological polar surface area (TPSA) is 44.0 Å². The molecule has 1 aromatic rings. The SMILES string of the molecule is CCCCCC[C@@H](O)CC(C#N)c1ccc(Br)cc1. The van der Waals surface area contributed by atoms with Gasteiger partial charge in [0, 0.05) is 4.47 Å². The molecule has 19 heavy (non-hydrogen) atoms. The third-order valence-corrected chi connectivity index (χ3v) is 3.86. The zero-order valence-corrected chi connectivity index (χ0v) is 13.1. The van der Waals surface area contributed by atoms with E-state index in [1.54, 1.807) is 0 Å². The van der Waals surface area contributed by atoms with Gasteiger partial charge in [0.15, 0.2) is 0 Å². The molecular weight excluding hydrogens is 302 g/mol. The Hall–Kier alpha value is -0.850. The molecule has 0 amide bonds. The molecule has 1 rings (SSSR count). The van der Waals surface area contributed by atoms with Crippen molar-refractivity contribution >= 4 is 15.9 Å². The van der Waals surface area contributed by atoms with Crippen LogP contribution in [-0.4, -0.2) is 11.2 Å². The highest BCUT2D eigenvalue weighted by Gasteiger charge is 2.15. The molecule has 1 N–H and O–H groups in total. The lowest BCUT2D eigenvalue weighted by Crippen LogP contribution is -2.11. The number of hydrogen-bond acceptors (Lipinski definition) is 2. The van der Waals surface area contributed by atoms with E-state index in [1.165, 1.54) is 19.3 Å². The lowest BCUT2D eigenvalue weighted by atomic mass is 9.92. The van der Waals surface area contributed by atoms with Crippen molar-refractivity contribution in [3.8, 4) is 6.07 Å².